The maximum absolute atomic E-state index is 12.9. The van der Waals surface area contributed by atoms with Gasteiger partial charge in [-0.2, -0.15) is 0 Å². The van der Waals surface area contributed by atoms with Crippen molar-refractivity contribution in [3.8, 4) is 0 Å². The van der Waals surface area contributed by atoms with Gasteiger partial charge in [-0.1, -0.05) is 13.8 Å². The van der Waals surface area contributed by atoms with Gasteiger partial charge in [0.1, 0.15) is 11.5 Å². The van der Waals surface area contributed by atoms with Crippen LogP contribution in [0.15, 0.2) is 12.1 Å². The molecule has 0 saturated heterocycles. The number of halogens is 1. The van der Waals surface area contributed by atoms with E-state index in [1.165, 1.54) is 0 Å². The minimum absolute atomic E-state index is 0.357. The van der Waals surface area contributed by atoms with Crippen LogP contribution >= 0.6 is 0 Å². The fourth-order valence-corrected chi connectivity index (χ4v) is 1.03. The predicted octanol–water partition coefficient (Wildman–Crippen LogP) is 2.13. The summed E-state index contributed by atoms with van der Waals surface area (Å²) in [4.78, 5) is 20.6. The van der Waals surface area contributed by atoms with Gasteiger partial charge in [0, 0.05) is 0 Å². The van der Waals surface area contributed by atoms with E-state index in [4.69, 9.17) is 5.73 Å². The van der Waals surface area contributed by atoms with Crippen molar-refractivity contribution in [2.75, 3.05) is 12.8 Å². The number of hydrogen-bond acceptors (Lipinski definition) is 5. The summed E-state index contributed by atoms with van der Waals surface area (Å²) in [5.74, 6) is -1.84. The Bertz CT molecular complexity index is 435. The molecule has 2 N–H and O–H groups in total. The number of rotatable bonds is 2. The van der Waals surface area contributed by atoms with Crippen LogP contribution in [0.1, 0.15) is 24.2 Å². The third-order valence-corrected chi connectivity index (χ3v) is 1.72. The van der Waals surface area contributed by atoms with E-state index in [-0.39, 0.29) is 5.56 Å². The summed E-state index contributed by atoms with van der Waals surface area (Å²) in [5, 5.41) is 10.4. The van der Waals surface area contributed by atoms with Crippen molar-refractivity contribution in [1.29, 1.82) is 0 Å². The first-order valence-corrected chi connectivity index (χ1v) is 4.79. The number of nitrogens with two attached hydrogens (primary N) is 1. The molecule has 94 valence electrons. The van der Waals surface area contributed by atoms with Crippen molar-refractivity contribution in [3.05, 3.63) is 33.6 Å². The van der Waals surface area contributed by atoms with Crippen molar-refractivity contribution in [2.45, 2.75) is 13.8 Å². The number of nitro benzene ring substituents is 1. The highest BCUT2D eigenvalue weighted by Crippen LogP contribution is 2.26. The average molecular weight is 244 g/mol. The van der Waals surface area contributed by atoms with Crippen LogP contribution in [0.5, 0.6) is 0 Å². The zero-order chi connectivity index (χ0) is 13.6. The maximum Gasteiger partial charge on any atom is 0.340 e. The Hall–Kier alpha value is -2.18. The topological polar surface area (TPSA) is 95.5 Å². The standard InChI is InChI=1S/C8H7FN2O4.C2H6/c1-15-8(12)5-2-4(9)3-6(7(5)10)11(13)14;1-2/h2-3H,10H2,1H3;1-2H3. The smallest absolute Gasteiger partial charge is 0.340 e. The van der Waals surface area contributed by atoms with Gasteiger partial charge in [-0.05, 0) is 6.07 Å². The molecule has 0 atom stereocenters. The van der Waals surface area contributed by atoms with Gasteiger partial charge >= 0.3 is 5.97 Å². The number of ether oxygens (including phenoxy) is 1. The fourth-order valence-electron chi connectivity index (χ4n) is 1.03. The molecule has 0 heterocycles. The van der Waals surface area contributed by atoms with Crippen molar-refractivity contribution in [2.24, 2.45) is 0 Å². The molecule has 0 spiro atoms. The van der Waals surface area contributed by atoms with E-state index < -0.39 is 28.1 Å². The SMILES string of the molecule is CC.COC(=O)c1cc(F)cc([N+](=O)[O-])c1N. The van der Waals surface area contributed by atoms with Crippen LogP contribution in [0.3, 0.4) is 0 Å². The summed E-state index contributed by atoms with van der Waals surface area (Å²) >= 11 is 0. The second-order valence-corrected chi connectivity index (χ2v) is 2.63. The van der Waals surface area contributed by atoms with E-state index in [1.54, 1.807) is 0 Å². The molecule has 0 bridgehead atoms. The second kappa shape index (κ2) is 6.41. The van der Waals surface area contributed by atoms with E-state index >= 15 is 0 Å². The third kappa shape index (κ3) is 3.40. The second-order valence-electron chi connectivity index (χ2n) is 2.63. The zero-order valence-electron chi connectivity index (χ0n) is 9.69. The monoisotopic (exact) mass is 244 g/mol. The molecule has 1 rings (SSSR count). The lowest BCUT2D eigenvalue weighted by atomic mass is 10.1. The number of carbonyl (C=O) groups excluding carboxylic acids is 1. The molecular weight excluding hydrogens is 231 g/mol. The number of carbonyl (C=O) groups is 1. The van der Waals surface area contributed by atoms with Gasteiger partial charge in [0.25, 0.3) is 5.69 Å². The molecule has 0 aliphatic carbocycles. The largest absolute Gasteiger partial charge is 0.465 e. The van der Waals surface area contributed by atoms with Crippen molar-refractivity contribution in [3.63, 3.8) is 0 Å². The lowest BCUT2D eigenvalue weighted by molar-refractivity contribution is -0.384. The number of benzene rings is 1. The summed E-state index contributed by atoms with van der Waals surface area (Å²) in [6, 6.07) is 1.43. The van der Waals surface area contributed by atoms with Gasteiger partial charge < -0.3 is 10.5 Å². The van der Waals surface area contributed by atoms with E-state index in [2.05, 4.69) is 4.74 Å². The van der Waals surface area contributed by atoms with E-state index in [1.807, 2.05) is 13.8 Å². The first kappa shape index (κ1) is 14.8. The molecular formula is C10H13FN2O4. The highest BCUT2D eigenvalue weighted by Gasteiger charge is 2.21. The van der Waals surface area contributed by atoms with Crippen LogP contribution in [0.4, 0.5) is 15.8 Å². The van der Waals surface area contributed by atoms with Crippen LogP contribution in [0.25, 0.3) is 0 Å². The maximum atomic E-state index is 12.9. The molecule has 0 fully saturated rings. The van der Waals surface area contributed by atoms with Crippen molar-refractivity contribution >= 4 is 17.3 Å². The minimum atomic E-state index is -0.921. The normalized spacial score (nSPS) is 8.94. The predicted molar refractivity (Wildman–Crippen MR) is 60.2 cm³/mol. The van der Waals surface area contributed by atoms with Gasteiger partial charge in [0.15, 0.2) is 0 Å². The highest BCUT2D eigenvalue weighted by molar-refractivity contribution is 5.97. The highest BCUT2D eigenvalue weighted by atomic mass is 19.1. The first-order chi connectivity index (χ1) is 7.97. The van der Waals surface area contributed by atoms with Crippen molar-refractivity contribution in [1.82, 2.24) is 0 Å². The molecule has 0 aliphatic heterocycles. The quantitative estimate of drug-likeness (QED) is 0.372. The molecule has 0 radical (unpaired) electrons. The Kier molecular flexibility index (Phi) is 5.59. The zero-order valence-corrected chi connectivity index (χ0v) is 9.69. The number of nitrogens with zero attached hydrogens (tertiary/aromatic N) is 1. The van der Waals surface area contributed by atoms with E-state index in [0.717, 1.165) is 13.2 Å². The lowest BCUT2D eigenvalue weighted by Crippen LogP contribution is -2.08. The molecule has 17 heavy (non-hydrogen) atoms. The molecule has 1 aromatic carbocycles. The lowest BCUT2D eigenvalue weighted by Gasteiger charge is -2.04. The Morgan fingerprint density at radius 1 is 1.47 bits per heavy atom. The Morgan fingerprint density at radius 2 is 2.00 bits per heavy atom. The van der Waals surface area contributed by atoms with Crippen molar-refractivity contribution < 1.29 is 18.8 Å². The van der Waals surface area contributed by atoms with Crippen LogP contribution in [-0.4, -0.2) is 18.0 Å². The van der Waals surface area contributed by atoms with Crippen LogP contribution < -0.4 is 5.73 Å². The number of methoxy groups -OCH3 is 1. The Labute approximate surface area is 97.3 Å². The van der Waals surface area contributed by atoms with Gasteiger partial charge in [0.2, 0.25) is 0 Å². The number of nitrogen functional groups attached to an aromatic ring is 1. The fraction of sp³-hybridized carbons (Fsp3) is 0.300. The van der Waals surface area contributed by atoms with E-state index in [9.17, 15) is 19.3 Å². The molecule has 7 heteroatoms. The van der Waals surface area contributed by atoms with E-state index in [0.29, 0.717) is 6.07 Å². The number of esters is 1. The summed E-state index contributed by atoms with van der Waals surface area (Å²) < 4.78 is 17.2. The third-order valence-electron chi connectivity index (χ3n) is 1.72. The summed E-state index contributed by atoms with van der Waals surface area (Å²) in [6.07, 6.45) is 0. The Balaban J connectivity index is 0.00000121. The molecule has 0 unspecified atom stereocenters. The number of anilines is 1. The average Bonchev–Trinajstić information content (AvgIpc) is 2.33. The Morgan fingerprint density at radius 3 is 2.41 bits per heavy atom. The molecule has 0 aliphatic rings. The summed E-state index contributed by atoms with van der Waals surface area (Å²) in [6.45, 7) is 4.00. The van der Waals surface area contributed by atoms with Crippen LogP contribution in [0.2, 0.25) is 0 Å². The number of nitro groups is 1. The van der Waals surface area contributed by atoms with Gasteiger partial charge in [0.05, 0.1) is 23.7 Å². The molecule has 0 amide bonds. The van der Waals surface area contributed by atoms with Crippen LogP contribution in [-0.2, 0) is 4.74 Å². The van der Waals surface area contributed by atoms with Gasteiger partial charge in [-0.15, -0.1) is 0 Å². The van der Waals surface area contributed by atoms with Gasteiger partial charge in [-0.25, -0.2) is 9.18 Å². The summed E-state index contributed by atoms with van der Waals surface area (Å²) in [5.41, 5.74) is 3.90. The van der Waals surface area contributed by atoms with Gasteiger partial charge in [-0.3, -0.25) is 10.1 Å². The van der Waals surface area contributed by atoms with Crippen LogP contribution in [0, 0.1) is 15.9 Å². The molecule has 0 aromatic heterocycles. The minimum Gasteiger partial charge on any atom is -0.465 e. The summed E-state index contributed by atoms with van der Waals surface area (Å²) in [7, 11) is 1.07. The first-order valence-electron chi connectivity index (χ1n) is 4.79. The molecule has 1 aromatic rings. The molecule has 0 saturated carbocycles. The molecule has 6 nitrogen and oxygen atoms in total. The number of hydrogen-bond donors (Lipinski definition) is 1.